The molecule has 38 heavy (non-hydrogen) atoms. The van der Waals surface area contributed by atoms with Crippen molar-refractivity contribution in [2.75, 3.05) is 52.7 Å². The number of benzene rings is 1. The van der Waals surface area contributed by atoms with Crippen molar-refractivity contribution >= 4 is 11.0 Å². The maximum atomic E-state index is 15.0. The maximum Gasteiger partial charge on any atom is 0.193 e. The summed E-state index contributed by atoms with van der Waals surface area (Å²) in [5, 5.41) is 9.89. The van der Waals surface area contributed by atoms with E-state index in [0.717, 1.165) is 37.8 Å². The van der Waals surface area contributed by atoms with Gasteiger partial charge in [0.15, 0.2) is 17.8 Å². The first-order chi connectivity index (χ1) is 18.5. The van der Waals surface area contributed by atoms with Crippen molar-refractivity contribution in [3.63, 3.8) is 0 Å². The lowest BCUT2D eigenvalue weighted by Crippen LogP contribution is -2.37. The van der Waals surface area contributed by atoms with Gasteiger partial charge in [0.1, 0.15) is 41.4 Å². The summed E-state index contributed by atoms with van der Waals surface area (Å²) in [6, 6.07) is 4.70. The maximum absolute atomic E-state index is 15.0. The first kappa shape index (κ1) is 25.4. The highest BCUT2D eigenvalue weighted by molar-refractivity contribution is 5.81. The number of H-pyrrole nitrogens is 1. The van der Waals surface area contributed by atoms with Crippen LogP contribution >= 0.6 is 0 Å². The van der Waals surface area contributed by atoms with E-state index in [1.54, 1.807) is 0 Å². The van der Waals surface area contributed by atoms with Crippen LogP contribution in [0.3, 0.4) is 0 Å². The molecule has 0 unspecified atom stereocenters. The second kappa shape index (κ2) is 10.7. The number of nitrogens with zero attached hydrogens (tertiary/aromatic N) is 2. The van der Waals surface area contributed by atoms with Crippen molar-refractivity contribution in [2.24, 2.45) is 0 Å². The van der Waals surface area contributed by atoms with Crippen LogP contribution in [0.25, 0.3) is 22.3 Å². The van der Waals surface area contributed by atoms with Crippen molar-refractivity contribution in [3.05, 3.63) is 41.7 Å². The molecule has 3 fully saturated rings. The Balaban J connectivity index is 1.15. The molecule has 12 heteroatoms. The molecule has 2 N–H and O–H groups in total. The van der Waals surface area contributed by atoms with Gasteiger partial charge >= 0.3 is 0 Å². The Bertz CT molecular complexity index is 1280. The van der Waals surface area contributed by atoms with Crippen LogP contribution in [0.1, 0.15) is 6.42 Å². The van der Waals surface area contributed by atoms with Crippen LogP contribution in [-0.2, 0) is 14.2 Å². The smallest absolute Gasteiger partial charge is 0.193 e. The number of morpholine rings is 1. The van der Waals surface area contributed by atoms with Gasteiger partial charge in [0, 0.05) is 43.9 Å². The lowest BCUT2D eigenvalue weighted by atomic mass is 10.1. The van der Waals surface area contributed by atoms with Crippen LogP contribution in [0.15, 0.2) is 24.3 Å². The van der Waals surface area contributed by atoms with E-state index in [-0.39, 0.29) is 37.0 Å². The number of aliphatic hydroxyl groups excluding tert-OH is 1. The first-order valence-corrected chi connectivity index (χ1v) is 12.7. The number of aromatic nitrogens is 2. The van der Waals surface area contributed by atoms with Gasteiger partial charge in [-0.2, -0.15) is 0 Å². The molecule has 0 saturated carbocycles. The molecule has 0 radical (unpaired) electrons. The van der Waals surface area contributed by atoms with E-state index >= 15 is 0 Å². The molecular formula is C26H28F3N3O6. The van der Waals surface area contributed by atoms with Crippen molar-refractivity contribution < 1.29 is 42.0 Å². The van der Waals surface area contributed by atoms with Crippen molar-refractivity contribution in [2.45, 2.75) is 30.8 Å². The number of fused-ring (bicyclic) bond motifs is 2. The number of hydrogen-bond acceptors (Lipinski definition) is 8. The van der Waals surface area contributed by atoms with Crippen LogP contribution in [0, 0.1) is 17.5 Å². The highest BCUT2D eigenvalue weighted by Crippen LogP contribution is 2.34. The lowest BCUT2D eigenvalue weighted by Gasteiger charge is -2.26. The molecule has 5 heterocycles. The zero-order chi connectivity index (χ0) is 26.2. The minimum Gasteiger partial charge on any atom is -0.493 e. The third-order valence-electron chi connectivity index (χ3n) is 7.03. The molecule has 4 atom stereocenters. The van der Waals surface area contributed by atoms with Gasteiger partial charge in [-0.05, 0) is 6.42 Å². The minimum atomic E-state index is -0.975. The second-order valence-electron chi connectivity index (χ2n) is 9.62. The number of aliphatic hydroxyl groups is 1. The topological polar surface area (TPSA) is 98.3 Å². The van der Waals surface area contributed by atoms with Gasteiger partial charge in [-0.3, -0.25) is 4.90 Å². The molecule has 2 aromatic heterocycles. The second-order valence-corrected chi connectivity index (χ2v) is 9.62. The highest BCUT2D eigenvalue weighted by Gasteiger charge is 2.48. The summed E-state index contributed by atoms with van der Waals surface area (Å²) in [7, 11) is 0. The summed E-state index contributed by atoms with van der Waals surface area (Å²) in [5.41, 5.74) is -0.468. The van der Waals surface area contributed by atoms with E-state index in [2.05, 4.69) is 14.9 Å². The van der Waals surface area contributed by atoms with Gasteiger partial charge in [-0.15, -0.1) is 0 Å². The Morgan fingerprint density at radius 2 is 1.76 bits per heavy atom. The van der Waals surface area contributed by atoms with Gasteiger partial charge in [-0.25, -0.2) is 18.2 Å². The molecule has 1 aromatic carbocycles. The van der Waals surface area contributed by atoms with E-state index in [9.17, 15) is 18.3 Å². The number of hydrogen-bond donors (Lipinski definition) is 2. The van der Waals surface area contributed by atoms with Gasteiger partial charge in [-0.1, -0.05) is 0 Å². The Hall–Kier alpha value is -2.90. The normalized spacial score (nSPS) is 25.7. The van der Waals surface area contributed by atoms with Gasteiger partial charge in [0.2, 0.25) is 0 Å². The number of halogens is 3. The summed E-state index contributed by atoms with van der Waals surface area (Å²) in [4.78, 5) is 9.32. The van der Waals surface area contributed by atoms with Crippen molar-refractivity contribution in [3.8, 4) is 22.9 Å². The van der Waals surface area contributed by atoms with Crippen LogP contribution < -0.4 is 9.47 Å². The molecule has 0 aliphatic carbocycles. The van der Waals surface area contributed by atoms with Crippen molar-refractivity contribution in [1.29, 1.82) is 0 Å². The van der Waals surface area contributed by atoms with E-state index in [4.69, 9.17) is 23.7 Å². The van der Waals surface area contributed by atoms with Crippen LogP contribution in [0.2, 0.25) is 0 Å². The van der Waals surface area contributed by atoms with E-state index in [0.29, 0.717) is 25.2 Å². The molecule has 0 amide bonds. The lowest BCUT2D eigenvalue weighted by molar-refractivity contribution is 0.00794. The number of rotatable bonds is 8. The fourth-order valence-electron chi connectivity index (χ4n) is 5.12. The monoisotopic (exact) mass is 535 g/mol. The first-order valence-electron chi connectivity index (χ1n) is 12.7. The van der Waals surface area contributed by atoms with Crippen molar-refractivity contribution in [1.82, 2.24) is 14.9 Å². The SMILES string of the molecule is O[C@@H]1CO[C@H]2[C@@H]1OC[C@H]2Oc1cc2nc(-c3c(F)cc(OCCCN4CCOCC4)cc3F)c(F)cc2[nH]1. The van der Waals surface area contributed by atoms with Gasteiger partial charge in [0.05, 0.1) is 49.6 Å². The highest BCUT2D eigenvalue weighted by atomic mass is 19.1. The Labute approximate surface area is 216 Å². The molecule has 3 aliphatic heterocycles. The molecule has 3 aromatic rings. The third kappa shape index (κ3) is 5.06. The zero-order valence-electron chi connectivity index (χ0n) is 20.5. The predicted molar refractivity (Wildman–Crippen MR) is 129 cm³/mol. The van der Waals surface area contributed by atoms with Crippen LogP contribution in [0.4, 0.5) is 13.2 Å². The standard InChI is InChI=1S/C26H28F3N3O6/c27-15-8-14(35-5-1-2-32-3-6-34-7-4-32)9-16(28)23(15)24-17(29)10-18-19(31-24)11-22(30-18)38-21-13-37-25-20(33)12-36-26(21)25/h8-11,20-21,25-26,30,33H,1-7,12-13H2/t20-,21-,25-,26-/m1/s1. The molecule has 0 spiro atoms. The molecular weight excluding hydrogens is 507 g/mol. The fourth-order valence-corrected chi connectivity index (χ4v) is 5.12. The van der Waals surface area contributed by atoms with E-state index in [1.165, 1.54) is 6.07 Å². The van der Waals surface area contributed by atoms with E-state index < -0.39 is 53.1 Å². The molecule has 3 saturated heterocycles. The molecule has 6 rings (SSSR count). The minimum absolute atomic E-state index is 0.0286. The Morgan fingerprint density at radius 3 is 2.55 bits per heavy atom. The summed E-state index contributed by atoms with van der Waals surface area (Å²) in [6.45, 7) is 4.56. The number of nitrogens with one attached hydrogen (secondary N) is 1. The predicted octanol–water partition coefficient (Wildman–Crippen LogP) is 2.65. The number of pyridine rings is 1. The van der Waals surface area contributed by atoms with Crippen LogP contribution in [0.5, 0.6) is 11.6 Å². The summed E-state index contributed by atoms with van der Waals surface area (Å²) in [6.07, 6.45) is -1.40. The third-order valence-corrected chi connectivity index (χ3v) is 7.03. The molecule has 3 aliphatic rings. The summed E-state index contributed by atoms with van der Waals surface area (Å²) < 4.78 is 72.8. The number of ether oxygens (including phenoxy) is 5. The van der Waals surface area contributed by atoms with Gasteiger partial charge < -0.3 is 33.8 Å². The number of aromatic amines is 1. The summed E-state index contributed by atoms with van der Waals surface area (Å²) >= 11 is 0. The average molecular weight is 536 g/mol. The summed E-state index contributed by atoms with van der Waals surface area (Å²) in [5.74, 6) is -2.55. The average Bonchev–Trinajstić information content (AvgIpc) is 3.59. The zero-order valence-corrected chi connectivity index (χ0v) is 20.5. The molecule has 9 nitrogen and oxygen atoms in total. The molecule has 0 bridgehead atoms. The Kier molecular flexibility index (Phi) is 7.14. The fraction of sp³-hybridized carbons (Fsp3) is 0.500. The van der Waals surface area contributed by atoms with Gasteiger partial charge in [0.25, 0.3) is 0 Å². The molecule has 204 valence electrons. The Morgan fingerprint density at radius 1 is 1.00 bits per heavy atom. The largest absolute Gasteiger partial charge is 0.493 e. The quantitative estimate of drug-likeness (QED) is 0.425. The van der Waals surface area contributed by atoms with E-state index in [1.807, 2.05) is 0 Å². The van der Waals surface area contributed by atoms with Crippen LogP contribution in [-0.4, -0.2) is 97.1 Å².